The van der Waals surface area contributed by atoms with Crippen LogP contribution >= 0.6 is 0 Å². The fraction of sp³-hybridized carbons (Fsp3) is 0.583. The second kappa shape index (κ2) is 6.75. The molecule has 1 aromatic rings. The van der Waals surface area contributed by atoms with E-state index in [0.29, 0.717) is 0 Å². The van der Waals surface area contributed by atoms with Crippen LogP contribution in [-0.2, 0) is 16.1 Å². The molecule has 4 N–H and O–H groups in total. The number of hydrogen-bond donors (Lipinski definition) is 4. The molecule has 0 spiro atoms. The van der Waals surface area contributed by atoms with Crippen LogP contribution in [0.2, 0.25) is 0 Å². The predicted molar refractivity (Wildman–Crippen MR) is 70.8 cm³/mol. The zero-order valence-electron chi connectivity index (χ0n) is 12.0. The summed E-state index contributed by atoms with van der Waals surface area (Å²) in [7, 11) is 0. The van der Waals surface area contributed by atoms with Crippen molar-refractivity contribution < 1.29 is 32.9 Å². The summed E-state index contributed by atoms with van der Waals surface area (Å²) in [5.41, 5.74) is -2.17. The maximum Gasteiger partial charge on any atom is 0.471 e. The van der Waals surface area contributed by atoms with Crippen LogP contribution in [-0.4, -0.2) is 50.7 Å². The molecule has 134 valence electrons. The fourth-order valence-electron chi connectivity index (χ4n) is 2.19. The number of carbonyl (C=O) groups excluding carboxylic acids is 1. The molecule has 2 rings (SSSR count). The molecule has 0 aliphatic carbocycles. The van der Waals surface area contributed by atoms with Crippen molar-refractivity contribution in [3.63, 3.8) is 0 Å². The van der Waals surface area contributed by atoms with E-state index in [-0.39, 0.29) is 12.0 Å². The van der Waals surface area contributed by atoms with Gasteiger partial charge in [-0.05, 0) is 0 Å². The first-order valence-corrected chi connectivity index (χ1v) is 6.77. The number of aliphatic hydroxyl groups excluding tert-OH is 2. The third kappa shape index (κ3) is 3.83. The Morgan fingerprint density at radius 1 is 1.46 bits per heavy atom. The van der Waals surface area contributed by atoms with Crippen molar-refractivity contribution in [3.05, 3.63) is 32.6 Å². The smallest absolute Gasteiger partial charge is 0.394 e. The predicted octanol–water partition coefficient (Wildman–Crippen LogP) is -1.64. The average Bonchev–Trinajstić information content (AvgIpc) is 2.85. The number of aromatic amines is 1. The quantitative estimate of drug-likeness (QED) is 0.513. The minimum Gasteiger partial charge on any atom is -0.394 e. The van der Waals surface area contributed by atoms with Crippen LogP contribution in [0.3, 0.4) is 0 Å². The lowest BCUT2D eigenvalue weighted by Gasteiger charge is -2.15. The van der Waals surface area contributed by atoms with Crippen molar-refractivity contribution in [2.45, 2.75) is 37.6 Å². The largest absolute Gasteiger partial charge is 0.471 e. The van der Waals surface area contributed by atoms with Crippen LogP contribution in [0.15, 0.2) is 15.8 Å². The zero-order valence-corrected chi connectivity index (χ0v) is 12.0. The summed E-state index contributed by atoms with van der Waals surface area (Å²) < 4.78 is 42.5. The highest BCUT2D eigenvalue weighted by Crippen LogP contribution is 2.27. The lowest BCUT2D eigenvalue weighted by atomic mass is 10.2. The van der Waals surface area contributed by atoms with Crippen LogP contribution in [0.1, 0.15) is 18.2 Å². The van der Waals surface area contributed by atoms with Gasteiger partial charge >= 0.3 is 17.8 Å². The molecule has 1 aliphatic rings. The van der Waals surface area contributed by atoms with Crippen molar-refractivity contribution in [3.8, 4) is 0 Å². The molecule has 9 nitrogen and oxygen atoms in total. The molecular weight excluding hydrogens is 339 g/mol. The summed E-state index contributed by atoms with van der Waals surface area (Å²) in [4.78, 5) is 36.1. The number of rotatable bonds is 4. The van der Waals surface area contributed by atoms with Crippen molar-refractivity contribution >= 4 is 5.91 Å². The molecule has 1 aromatic heterocycles. The molecule has 1 amide bonds. The van der Waals surface area contributed by atoms with Crippen LogP contribution in [0.5, 0.6) is 0 Å². The molecule has 2 heterocycles. The third-order valence-corrected chi connectivity index (χ3v) is 3.43. The summed E-state index contributed by atoms with van der Waals surface area (Å²) in [5, 5.41) is 20.2. The van der Waals surface area contributed by atoms with Crippen LogP contribution < -0.4 is 16.6 Å². The first kappa shape index (κ1) is 18.2. The SMILES string of the molecule is O=C(NCc1cn([C@H]2CC(O)[C@@H](CO)O2)c(=O)[nH]c1=O)C(F)(F)F. The Bertz CT molecular complexity index is 728. The summed E-state index contributed by atoms with van der Waals surface area (Å²) in [6.07, 6.45) is -7.22. The first-order chi connectivity index (χ1) is 11.1. The molecule has 24 heavy (non-hydrogen) atoms. The van der Waals surface area contributed by atoms with Gasteiger partial charge in [0.05, 0.1) is 18.3 Å². The Hall–Kier alpha value is -2.18. The van der Waals surface area contributed by atoms with E-state index in [1.807, 2.05) is 4.98 Å². The lowest BCUT2D eigenvalue weighted by Crippen LogP contribution is -2.40. The number of ether oxygens (including phenoxy) is 1. The second-order valence-corrected chi connectivity index (χ2v) is 5.12. The van der Waals surface area contributed by atoms with Crippen molar-refractivity contribution in [2.75, 3.05) is 6.61 Å². The van der Waals surface area contributed by atoms with E-state index >= 15 is 0 Å². The van der Waals surface area contributed by atoms with E-state index in [9.17, 15) is 32.7 Å². The van der Waals surface area contributed by atoms with Crippen LogP contribution in [0, 0.1) is 0 Å². The summed E-state index contributed by atoms with van der Waals surface area (Å²) in [6.45, 7) is -1.25. The number of amides is 1. The summed E-state index contributed by atoms with van der Waals surface area (Å²) >= 11 is 0. The third-order valence-electron chi connectivity index (χ3n) is 3.43. The van der Waals surface area contributed by atoms with Gasteiger partial charge in [-0.3, -0.25) is 19.1 Å². The normalized spacial score (nSPS) is 24.1. The number of hydrogen-bond acceptors (Lipinski definition) is 6. The molecule has 0 aromatic carbocycles. The van der Waals surface area contributed by atoms with Gasteiger partial charge in [0.25, 0.3) is 5.56 Å². The van der Waals surface area contributed by atoms with Gasteiger partial charge in [0.15, 0.2) is 0 Å². The van der Waals surface area contributed by atoms with Crippen LogP contribution in [0.4, 0.5) is 13.2 Å². The van der Waals surface area contributed by atoms with E-state index in [0.717, 1.165) is 10.8 Å². The van der Waals surface area contributed by atoms with Crippen LogP contribution in [0.25, 0.3) is 0 Å². The minimum atomic E-state index is -5.10. The molecule has 0 radical (unpaired) electrons. The number of H-pyrrole nitrogens is 1. The number of aliphatic hydroxyl groups is 2. The molecule has 0 bridgehead atoms. The lowest BCUT2D eigenvalue weighted by molar-refractivity contribution is -0.173. The van der Waals surface area contributed by atoms with E-state index in [2.05, 4.69) is 0 Å². The van der Waals surface area contributed by atoms with Gasteiger partial charge < -0.3 is 20.3 Å². The molecule has 1 fully saturated rings. The molecule has 12 heteroatoms. The maximum atomic E-state index is 12.1. The fourth-order valence-corrected chi connectivity index (χ4v) is 2.19. The van der Waals surface area contributed by atoms with E-state index in [1.165, 1.54) is 5.32 Å². The summed E-state index contributed by atoms with van der Waals surface area (Å²) in [5.74, 6) is -2.23. The Labute approximate surface area is 131 Å². The Morgan fingerprint density at radius 3 is 2.67 bits per heavy atom. The van der Waals surface area contributed by atoms with Crippen molar-refractivity contribution in [1.82, 2.24) is 14.9 Å². The van der Waals surface area contributed by atoms with Gasteiger partial charge in [-0.2, -0.15) is 13.2 Å². The van der Waals surface area contributed by atoms with Gasteiger partial charge in [0.2, 0.25) is 0 Å². The monoisotopic (exact) mass is 353 g/mol. The van der Waals surface area contributed by atoms with Gasteiger partial charge in [-0.1, -0.05) is 0 Å². The summed E-state index contributed by atoms with van der Waals surface area (Å²) in [6, 6.07) is 0. The van der Waals surface area contributed by atoms with Crippen molar-refractivity contribution in [1.29, 1.82) is 0 Å². The minimum absolute atomic E-state index is 0.0640. The number of alkyl halides is 3. The number of carbonyl (C=O) groups is 1. The second-order valence-electron chi connectivity index (χ2n) is 5.12. The number of nitrogens with zero attached hydrogens (tertiary/aromatic N) is 1. The van der Waals surface area contributed by atoms with E-state index < -0.39 is 54.9 Å². The number of nitrogens with one attached hydrogen (secondary N) is 2. The van der Waals surface area contributed by atoms with Gasteiger partial charge in [0, 0.05) is 19.2 Å². The maximum absolute atomic E-state index is 12.1. The molecule has 1 aliphatic heterocycles. The van der Waals surface area contributed by atoms with Crippen molar-refractivity contribution in [2.24, 2.45) is 0 Å². The molecule has 1 unspecified atom stereocenters. The molecule has 1 saturated heterocycles. The number of aromatic nitrogens is 2. The molecular formula is C12H14F3N3O6. The highest BCUT2D eigenvalue weighted by molar-refractivity contribution is 5.81. The zero-order chi connectivity index (χ0) is 18.1. The van der Waals surface area contributed by atoms with Gasteiger partial charge in [-0.25, -0.2) is 4.79 Å². The van der Waals surface area contributed by atoms with E-state index in [4.69, 9.17) is 9.84 Å². The average molecular weight is 353 g/mol. The Kier molecular flexibility index (Phi) is 5.11. The van der Waals surface area contributed by atoms with Gasteiger partial charge in [-0.15, -0.1) is 0 Å². The standard InChI is InChI=1S/C12H14F3N3O6/c13-12(14,15)10(22)16-2-5-3-18(11(23)17-9(5)21)8-1-6(20)7(4-19)24-8/h3,6-8,19-20H,1-2,4H2,(H,16,22)(H,17,21,23)/t6?,7-,8-/m1/s1. The Balaban J connectivity index is 2.22. The molecule has 0 saturated carbocycles. The first-order valence-electron chi connectivity index (χ1n) is 6.77. The highest BCUT2D eigenvalue weighted by atomic mass is 19.4. The van der Waals surface area contributed by atoms with Gasteiger partial charge in [0.1, 0.15) is 12.3 Å². The topological polar surface area (TPSA) is 134 Å². The number of halogens is 3. The highest BCUT2D eigenvalue weighted by Gasteiger charge is 2.38. The Morgan fingerprint density at radius 2 is 2.12 bits per heavy atom. The molecule has 3 atom stereocenters. The van der Waals surface area contributed by atoms with E-state index in [1.54, 1.807) is 0 Å².